The summed E-state index contributed by atoms with van der Waals surface area (Å²) in [6.07, 6.45) is 0.721. The summed E-state index contributed by atoms with van der Waals surface area (Å²) in [5.74, 6) is -0.895. The fourth-order valence-electron chi connectivity index (χ4n) is 5.14. The summed E-state index contributed by atoms with van der Waals surface area (Å²) < 4.78 is 18.6. The number of carbonyl (C=O) groups excluding carboxylic acids is 3. The van der Waals surface area contributed by atoms with Crippen LogP contribution in [0.2, 0.25) is 0 Å². The number of ether oxygens (including phenoxy) is 1. The van der Waals surface area contributed by atoms with E-state index in [1.807, 2.05) is 30.3 Å². The zero-order valence-electron chi connectivity index (χ0n) is 21.2. The van der Waals surface area contributed by atoms with E-state index in [2.05, 4.69) is 5.32 Å². The molecule has 5 rings (SSSR count). The third-order valence-corrected chi connectivity index (χ3v) is 7.14. The minimum Gasteiger partial charge on any atom is -0.466 e. The summed E-state index contributed by atoms with van der Waals surface area (Å²) >= 11 is 0. The molecule has 1 N–H and O–H groups in total. The van der Waals surface area contributed by atoms with Gasteiger partial charge in [-0.1, -0.05) is 36.4 Å². The Morgan fingerprint density at radius 3 is 2.47 bits per heavy atom. The highest BCUT2D eigenvalue weighted by Gasteiger charge is 2.36. The van der Waals surface area contributed by atoms with Gasteiger partial charge in [-0.15, -0.1) is 0 Å². The van der Waals surface area contributed by atoms with E-state index in [1.54, 1.807) is 47.1 Å². The summed E-state index contributed by atoms with van der Waals surface area (Å²) in [7, 11) is 0. The molecule has 0 saturated carbocycles. The molecule has 7 nitrogen and oxygen atoms in total. The number of rotatable bonds is 7. The Hall–Kier alpha value is -4.20. The second kappa shape index (κ2) is 11.0. The number of halogens is 1. The fraction of sp³-hybridized carbons (Fsp3) is 0.300. The van der Waals surface area contributed by atoms with Gasteiger partial charge in [0, 0.05) is 42.0 Å². The fourth-order valence-corrected chi connectivity index (χ4v) is 5.14. The third kappa shape index (κ3) is 5.25. The quantitative estimate of drug-likeness (QED) is 0.448. The summed E-state index contributed by atoms with van der Waals surface area (Å²) in [6.45, 7) is 3.45. The molecule has 8 heteroatoms. The predicted octanol–water partition coefficient (Wildman–Crippen LogP) is 5.01. The van der Waals surface area contributed by atoms with Crippen molar-refractivity contribution in [3.63, 3.8) is 0 Å². The van der Waals surface area contributed by atoms with Crippen LogP contribution >= 0.6 is 0 Å². The highest BCUT2D eigenvalue weighted by atomic mass is 19.1. The topological polar surface area (TPSA) is 79.0 Å². The minimum absolute atomic E-state index is 0.0953. The van der Waals surface area contributed by atoms with Crippen LogP contribution in [0, 0.1) is 11.7 Å². The second-order valence-corrected chi connectivity index (χ2v) is 9.59. The molecule has 1 saturated heterocycles. The highest BCUT2D eigenvalue weighted by molar-refractivity contribution is 5.99. The van der Waals surface area contributed by atoms with Crippen LogP contribution in [0.4, 0.5) is 10.1 Å². The van der Waals surface area contributed by atoms with Gasteiger partial charge in [0.05, 0.1) is 12.5 Å². The Bertz CT molecular complexity index is 1340. The molecule has 1 unspecified atom stereocenters. The Balaban J connectivity index is 1.32. The zero-order chi connectivity index (χ0) is 26.6. The molecule has 1 fully saturated rings. The maximum Gasteiger partial charge on any atom is 0.309 e. The number of nitrogens with one attached hydrogen (secondary N) is 1. The van der Waals surface area contributed by atoms with Gasteiger partial charge >= 0.3 is 5.97 Å². The molecule has 3 aromatic rings. The van der Waals surface area contributed by atoms with Crippen LogP contribution in [-0.4, -0.2) is 47.3 Å². The molecule has 196 valence electrons. The van der Waals surface area contributed by atoms with E-state index >= 15 is 0 Å². The summed E-state index contributed by atoms with van der Waals surface area (Å²) in [5, 5.41) is 3.44. The van der Waals surface area contributed by atoms with Gasteiger partial charge in [0.25, 0.3) is 11.8 Å². The van der Waals surface area contributed by atoms with Crippen molar-refractivity contribution in [2.75, 3.05) is 25.0 Å². The van der Waals surface area contributed by atoms with E-state index in [-0.39, 0.29) is 29.5 Å². The number of anilines is 1. The Morgan fingerprint density at radius 1 is 1.00 bits per heavy atom. The molecule has 0 radical (unpaired) electrons. The van der Waals surface area contributed by atoms with E-state index in [1.165, 1.54) is 12.1 Å². The molecule has 0 bridgehead atoms. The van der Waals surface area contributed by atoms with Crippen molar-refractivity contribution in [1.29, 1.82) is 0 Å². The number of likely N-dealkylation sites (tertiary alicyclic amines) is 1. The standard InChI is InChI=1S/C30H30FN3O4/c1-2-38-30(37)21-14-16-33(17-15-21)28(35)22-6-5-7-24(18-22)32-27-25-8-3-4-9-26(25)29(36)34(27)19-20-10-12-23(31)13-11-20/h3-13,18,21,27,32H,2,14-17,19H2,1H3. The van der Waals surface area contributed by atoms with Crippen molar-refractivity contribution < 1.29 is 23.5 Å². The van der Waals surface area contributed by atoms with Crippen molar-refractivity contribution in [3.05, 3.63) is 101 Å². The first-order valence-corrected chi connectivity index (χ1v) is 12.9. The maximum atomic E-state index is 13.4. The van der Waals surface area contributed by atoms with Crippen molar-refractivity contribution in [2.45, 2.75) is 32.5 Å². The maximum absolute atomic E-state index is 13.4. The molecule has 0 aromatic heterocycles. The van der Waals surface area contributed by atoms with Gasteiger partial charge in [-0.2, -0.15) is 0 Å². The van der Waals surface area contributed by atoms with Gasteiger partial charge in [-0.3, -0.25) is 14.4 Å². The van der Waals surface area contributed by atoms with Crippen LogP contribution in [0.1, 0.15) is 57.8 Å². The van der Waals surface area contributed by atoms with Gasteiger partial charge < -0.3 is 19.9 Å². The zero-order valence-corrected chi connectivity index (χ0v) is 21.2. The number of benzene rings is 3. The van der Waals surface area contributed by atoms with Crippen LogP contribution in [0.25, 0.3) is 0 Å². The van der Waals surface area contributed by atoms with Gasteiger partial charge in [-0.25, -0.2) is 4.39 Å². The second-order valence-electron chi connectivity index (χ2n) is 9.59. The number of hydrogen-bond donors (Lipinski definition) is 1. The Kier molecular flexibility index (Phi) is 7.40. The number of piperidine rings is 1. The van der Waals surface area contributed by atoms with Crippen LogP contribution in [0.15, 0.2) is 72.8 Å². The van der Waals surface area contributed by atoms with Crippen LogP contribution in [0.3, 0.4) is 0 Å². The molecular formula is C30H30FN3O4. The number of fused-ring (bicyclic) bond motifs is 1. The third-order valence-electron chi connectivity index (χ3n) is 7.14. The molecule has 38 heavy (non-hydrogen) atoms. The first-order valence-electron chi connectivity index (χ1n) is 12.9. The summed E-state index contributed by atoms with van der Waals surface area (Å²) in [5.41, 5.74) is 3.51. The van der Waals surface area contributed by atoms with Crippen molar-refractivity contribution in [2.24, 2.45) is 5.92 Å². The molecule has 2 amide bonds. The summed E-state index contributed by atoms with van der Waals surface area (Å²) in [4.78, 5) is 42.1. The molecule has 0 spiro atoms. The lowest BCUT2D eigenvalue weighted by molar-refractivity contribution is -0.149. The molecule has 2 heterocycles. The normalized spacial score (nSPS) is 17.3. The molecule has 3 aromatic carbocycles. The van der Waals surface area contributed by atoms with E-state index < -0.39 is 6.17 Å². The number of carbonyl (C=O) groups is 3. The lowest BCUT2D eigenvalue weighted by atomic mass is 9.96. The van der Waals surface area contributed by atoms with Crippen LogP contribution in [-0.2, 0) is 16.1 Å². The molecule has 2 aliphatic heterocycles. The predicted molar refractivity (Wildman–Crippen MR) is 141 cm³/mol. The van der Waals surface area contributed by atoms with Crippen LogP contribution < -0.4 is 5.32 Å². The number of hydrogen-bond acceptors (Lipinski definition) is 5. The number of amides is 2. The molecular weight excluding hydrogens is 485 g/mol. The van der Waals surface area contributed by atoms with Crippen molar-refractivity contribution in [3.8, 4) is 0 Å². The van der Waals surface area contributed by atoms with Gasteiger partial charge in [0.2, 0.25) is 0 Å². The van der Waals surface area contributed by atoms with E-state index in [4.69, 9.17) is 4.74 Å². The van der Waals surface area contributed by atoms with Crippen LogP contribution in [0.5, 0.6) is 0 Å². The number of esters is 1. The minimum atomic E-state index is -0.450. The summed E-state index contributed by atoms with van der Waals surface area (Å²) in [6, 6.07) is 20.8. The SMILES string of the molecule is CCOC(=O)C1CCN(C(=O)c2cccc(NC3c4ccccc4C(=O)N3Cc3ccc(F)cc3)c2)CC1. The monoisotopic (exact) mass is 515 g/mol. The lowest BCUT2D eigenvalue weighted by Gasteiger charge is -2.31. The highest BCUT2D eigenvalue weighted by Crippen LogP contribution is 2.36. The Labute approximate surface area is 221 Å². The van der Waals surface area contributed by atoms with E-state index in [0.717, 1.165) is 11.1 Å². The molecule has 1 atom stereocenters. The van der Waals surface area contributed by atoms with Gasteiger partial charge in [0.15, 0.2) is 0 Å². The average Bonchev–Trinajstić information content (AvgIpc) is 3.20. The smallest absolute Gasteiger partial charge is 0.309 e. The molecule has 0 aliphatic carbocycles. The van der Waals surface area contributed by atoms with E-state index in [9.17, 15) is 18.8 Å². The largest absolute Gasteiger partial charge is 0.466 e. The first-order chi connectivity index (χ1) is 18.4. The molecule has 2 aliphatic rings. The van der Waals surface area contributed by atoms with Crippen molar-refractivity contribution >= 4 is 23.5 Å². The average molecular weight is 516 g/mol. The van der Waals surface area contributed by atoms with E-state index in [0.29, 0.717) is 55.9 Å². The van der Waals surface area contributed by atoms with Gasteiger partial charge in [0.1, 0.15) is 12.0 Å². The lowest BCUT2D eigenvalue weighted by Crippen LogP contribution is -2.40. The van der Waals surface area contributed by atoms with Gasteiger partial charge in [-0.05, 0) is 61.7 Å². The van der Waals surface area contributed by atoms with Crippen molar-refractivity contribution in [1.82, 2.24) is 9.80 Å². The number of nitrogens with zero attached hydrogens (tertiary/aromatic N) is 2. The Morgan fingerprint density at radius 2 is 1.74 bits per heavy atom. The first kappa shape index (κ1) is 25.4.